The van der Waals surface area contributed by atoms with Crippen molar-refractivity contribution in [3.05, 3.63) is 23.8 Å². The quantitative estimate of drug-likeness (QED) is 0.730. The van der Waals surface area contributed by atoms with Crippen molar-refractivity contribution >= 4 is 12.0 Å². The van der Waals surface area contributed by atoms with Crippen LogP contribution in [0.1, 0.15) is 24.3 Å². The summed E-state index contributed by atoms with van der Waals surface area (Å²) in [6, 6.07) is 6.20. The predicted octanol–water partition coefficient (Wildman–Crippen LogP) is 2.21. The van der Waals surface area contributed by atoms with E-state index in [1.807, 2.05) is 25.1 Å². The Kier molecular flexibility index (Phi) is 3.13. The van der Waals surface area contributed by atoms with Gasteiger partial charge in [0.15, 0.2) is 0 Å². The van der Waals surface area contributed by atoms with E-state index >= 15 is 0 Å². The SMILES string of the molecule is CN(C)c1ccc2c(c1)OCC[C@H]2CC=O. The molecule has 0 amide bonds. The zero-order valence-corrected chi connectivity index (χ0v) is 9.77. The predicted molar refractivity (Wildman–Crippen MR) is 64.3 cm³/mol. The third-order valence-corrected chi connectivity index (χ3v) is 3.06. The Morgan fingerprint density at radius 3 is 3.00 bits per heavy atom. The molecule has 0 fully saturated rings. The monoisotopic (exact) mass is 219 g/mol. The Balaban J connectivity index is 2.32. The van der Waals surface area contributed by atoms with E-state index < -0.39 is 0 Å². The van der Waals surface area contributed by atoms with Crippen LogP contribution in [-0.4, -0.2) is 27.0 Å². The lowest BCUT2D eigenvalue weighted by Gasteiger charge is -2.26. The minimum atomic E-state index is 0.331. The molecule has 1 aromatic rings. The number of hydrogen-bond acceptors (Lipinski definition) is 3. The number of benzene rings is 1. The molecule has 1 aromatic carbocycles. The van der Waals surface area contributed by atoms with Gasteiger partial charge in [0, 0.05) is 32.3 Å². The minimum absolute atomic E-state index is 0.331. The van der Waals surface area contributed by atoms with Gasteiger partial charge in [0.25, 0.3) is 0 Å². The normalized spacial score (nSPS) is 18.5. The lowest BCUT2D eigenvalue weighted by molar-refractivity contribution is -0.108. The van der Waals surface area contributed by atoms with Gasteiger partial charge in [0.1, 0.15) is 12.0 Å². The third-order valence-electron chi connectivity index (χ3n) is 3.06. The van der Waals surface area contributed by atoms with Crippen molar-refractivity contribution in [2.24, 2.45) is 0 Å². The van der Waals surface area contributed by atoms with Crippen LogP contribution in [0.3, 0.4) is 0 Å². The van der Waals surface area contributed by atoms with E-state index in [0.29, 0.717) is 18.9 Å². The fourth-order valence-corrected chi connectivity index (χ4v) is 2.09. The summed E-state index contributed by atoms with van der Waals surface area (Å²) in [6.07, 6.45) is 2.53. The van der Waals surface area contributed by atoms with Gasteiger partial charge in [-0.15, -0.1) is 0 Å². The lowest BCUT2D eigenvalue weighted by Crippen LogP contribution is -2.16. The van der Waals surface area contributed by atoms with Gasteiger partial charge in [-0.2, -0.15) is 0 Å². The molecule has 2 rings (SSSR count). The van der Waals surface area contributed by atoms with Gasteiger partial charge in [-0.1, -0.05) is 6.07 Å². The van der Waals surface area contributed by atoms with E-state index in [1.165, 1.54) is 5.56 Å². The van der Waals surface area contributed by atoms with E-state index in [1.54, 1.807) is 0 Å². The van der Waals surface area contributed by atoms with Gasteiger partial charge in [-0.05, 0) is 24.0 Å². The second kappa shape index (κ2) is 4.56. The number of ether oxygens (including phenoxy) is 1. The molecule has 0 aromatic heterocycles. The van der Waals surface area contributed by atoms with Crippen LogP contribution in [0, 0.1) is 0 Å². The summed E-state index contributed by atoms with van der Waals surface area (Å²) < 4.78 is 5.65. The average Bonchev–Trinajstić information content (AvgIpc) is 2.29. The van der Waals surface area contributed by atoms with Gasteiger partial charge in [-0.25, -0.2) is 0 Å². The first-order valence-corrected chi connectivity index (χ1v) is 5.60. The van der Waals surface area contributed by atoms with Crippen LogP contribution in [0.15, 0.2) is 18.2 Å². The van der Waals surface area contributed by atoms with Crippen LogP contribution >= 0.6 is 0 Å². The molecule has 86 valence electrons. The minimum Gasteiger partial charge on any atom is -0.493 e. The Bertz CT molecular complexity index is 388. The summed E-state index contributed by atoms with van der Waals surface area (Å²) in [5.74, 6) is 1.27. The van der Waals surface area contributed by atoms with Crippen LogP contribution in [-0.2, 0) is 4.79 Å². The average molecular weight is 219 g/mol. The molecular weight excluding hydrogens is 202 g/mol. The highest BCUT2D eigenvalue weighted by Gasteiger charge is 2.21. The molecule has 3 nitrogen and oxygen atoms in total. The van der Waals surface area contributed by atoms with Gasteiger partial charge in [-0.3, -0.25) is 0 Å². The molecule has 1 heterocycles. The number of carbonyl (C=O) groups is 1. The van der Waals surface area contributed by atoms with Crippen molar-refractivity contribution < 1.29 is 9.53 Å². The molecule has 1 atom stereocenters. The number of aldehydes is 1. The van der Waals surface area contributed by atoms with E-state index in [4.69, 9.17) is 4.74 Å². The first-order valence-electron chi connectivity index (χ1n) is 5.60. The van der Waals surface area contributed by atoms with Gasteiger partial charge >= 0.3 is 0 Å². The maximum Gasteiger partial charge on any atom is 0.124 e. The fourth-order valence-electron chi connectivity index (χ4n) is 2.09. The zero-order valence-electron chi connectivity index (χ0n) is 9.77. The summed E-state index contributed by atoms with van der Waals surface area (Å²) >= 11 is 0. The molecule has 0 aliphatic carbocycles. The largest absolute Gasteiger partial charge is 0.493 e. The molecule has 1 aliphatic heterocycles. The standard InChI is InChI=1S/C13H17NO2/c1-14(2)11-3-4-12-10(5-7-15)6-8-16-13(12)9-11/h3-4,7,9-10H,5-6,8H2,1-2H3/t10-/m1/s1. The first-order chi connectivity index (χ1) is 7.72. The molecule has 0 radical (unpaired) electrons. The van der Waals surface area contributed by atoms with Gasteiger partial charge in [0.2, 0.25) is 0 Å². The maximum atomic E-state index is 10.6. The number of fused-ring (bicyclic) bond motifs is 1. The summed E-state index contributed by atoms with van der Waals surface area (Å²) in [4.78, 5) is 12.7. The van der Waals surface area contributed by atoms with Crippen LogP contribution in [0.5, 0.6) is 5.75 Å². The smallest absolute Gasteiger partial charge is 0.124 e. The van der Waals surface area contributed by atoms with Crippen molar-refractivity contribution in [1.29, 1.82) is 0 Å². The van der Waals surface area contributed by atoms with E-state index in [9.17, 15) is 4.79 Å². The highest BCUT2D eigenvalue weighted by molar-refractivity contribution is 5.57. The molecule has 0 N–H and O–H groups in total. The molecule has 1 aliphatic rings. The number of hydrogen-bond donors (Lipinski definition) is 0. The number of nitrogens with zero attached hydrogens (tertiary/aromatic N) is 1. The van der Waals surface area contributed by atoms with Crippen LogP contribution < -0.4 is 9.64 Å². The Hall–Kier alpha value is -1.51. The number of anilines is 1. The molecule has 16 heavy (non-hydrogen) atoms. The van der Waals surface area contributed by atoms with E-state index in [2.05, 4.69) is 12.1 Å². The molecule has 0 bridgehead atoms. The van der Waals surface area contributed by atoms with Crippen LogP contribution in [0.4, 0.5) is 5.69 Å². The van der Waals surface area contributed by atoms with Crippen molar-refractivity contribution in [2.75, 3.05) is 25.6 Å². The topological polar surface area (TPSA) is 29.5 Å². The first kappa shape index (κ1) is 11.0. The van der Waals surface area contributed by atoms with E-state index in [0.717, 1.165) is 24.1 Å². The molecule has 0 unspecified atom stereocenters. The fraction of sp³-hybridized carbons (Fsp3) is 0.462. The summed E-state index contributed by atoms with van der Waals surface area (Å²) in [5, 5.41) is 0. The Morgan fingerprint density at radius 2 is 2.31 bits per heavy atom. The summed E-state index contributed by atoms with van der Waals surface area (Å²) in [6.45, 7) is 0.711. The highest BCUT2D eigenvalue weighted by Crippen LogP contribution is 2.37. The maximum absolute atomic E-state index is 10.6. The second-order valence-corrected chi connectivity index (χ2v) is 4.35. The lowest BCUT2D eigenvalue weighted by atomic mass is 9.90. The third kappa shape index (κ3) is 2.03. The molecular formula is C13H17NO2. The van der Waals surface area contributed by atoms with Gasteiger partial charge < -0.3 is 14.4 Å². The molecule has 3 heteroatoms. The molecule has 0 spiro atoms. The van der Waals surface area contributed by atoms with Crippen LogP contribution in [0.2, 0.25) is 0 Å². The summed E-state index contributed by atoms with van der Waals surface area (Å²) in [5.41, 5.74) is 2.30. The van der Waals surface area contributed by atoms with E-state index in [-0.39, 0.29) is 0 Å². The van der Waals surface area contributed by atoms with Crippen molar-refractivity contribution in [3.63, 3.8) is 0 Å². The molecule has 0 saturated carbocycles. The summed E-state index contributed by atoms with van der Waals surface area (Å²) in [7, 11) is 4.01. The Labute approximate surface area is 96.0 Å². The van der Waals surface area contributed by atoms with Crippen LogP contribution in [0.25, 0.3) is 0 Å². The zero-order chi connectivity index (χ0) is 11.5. The van der Waals surface area contributed by atoms with Crippen molar-refractivity contribution in [3.8, 4) is 5.75 Å². The van der Waals surface area contributed by atoms with Crippen molar-refractivity contribution in [2.45, 2.75) is 18.8 Å². The number of carbonyl (C=O) groups excluding carboxylic acids is 1. The van der Waals surface area contributed by atoms with Crippen molar-refractivity contribution in [1.82, 2.24) is 0 Å². The molecule has 0 saturated heterocycles. The van der Waals surface area contributed by atoms with Gasteiger partial charge in [0.05, 0.1) is 6.61 Å². The second-order valence-electron chi connectivity index (χ2n) is 4.35. The highest BCUT2D eigenvalue weighted by atomic mass is 16.5. The number of rotatable bonds is 3. The Morgan fingerprint density at radius 1 is 1.50 bits per heavy atom.